The van der Waals surface area contributed by atoms with E-state index >= 15 is 0 Å². The maximum Gasteiger partial charge on any atom is 0.355 e. The molecule has 102 valence electrons. The molecule has 19 heavy (non-hydrogen) atoms. The van der Waals surface area contributed by atoms with Crippen LogP contribution in [0.25, 0.3) is 10.9 Å². The van der Waals surface area contributed by atoms with Crippen LogP contribution in [0.15, 0.2) is 18.2 Å². The summed E-state index contributed by atoms with van der Waals surface area (Å²) in [4.78, 5) is 14.4. The van der Waals surface area contributed by atoms with Gasteiger partial charge in [0.2, 0.25) is 0 Å². The molecule has 0 amide bonds. The maximum atomic E-state index is 13.2. The minimum absolute atomic E-state index is 0.150. The van der Waals surface area contributed by atoms with Crippen LogP contribution in [0.1, 0.15) is 41.9 Å². The first-order valence-electron chi connectivity index (χ1n) is 6.18. The third kappa shape index (κ3) is 2.45. The molecule has 0 saturated carbocycles. The predicted molar refractivity (Wildman–Crippen MR) is 68.6 cm³/mol. The Hall–Kier alpha value is -1.91. The molecule has 1 aromatic heterocycles. The lowest BCUT2D eigenvalue weighted by Gasteiger charge is -2.03. The lowest BCUT2D eigenvalue weighted by Crippen LogP contribution is -2.08. The summed E-state index contributed by atoms with van der Waals surface area (Å²) in [7, 11) is 0. The lowest BCUT2D eigenvalue weighted by atomic mass is 10.1. The smallest absolute Gasteiger partial charge is 0.355 e. The summed E-state index contributed by atoms with van der Waals surface area (Å²) in [6.07, 6.45) is -1.97. The quantitative estimate of drug-likeness (QED) is 0.855. The van der Waals surface area contributed by atoms with Gasteiger partial charge in [0.15, 0.2) is 0 Å². The van der Waals surface area contributed by atoms with E-state index in [2.05, 4.69) is 4.98 Å². The average Bonchev–Trinajstić information content (AvgIpc) is 2.77. The summed E-state index contributed by atoms with van der Waals surface area (Å²) >= 11 is 0. The zero-order valence-electron chi connectivity index (χ0n) is 10.8. The van der Waals surface area contributed by atoms with E-state index in [9.17, 15) is 13.6 Å². The fourth-order valence-corrected chi connectivity index (χ4v) is 2.07. The van der Waals surface area contributed by atoms with Crippen molar-refractivity contribution in [2.75, 3.05) is 6.61 Å². The maximum absolute atomic E-state index is 13.2. The van der Waals surface area contributed by atoms with Crippen molar-refractivity contribution in [1.82, 2.24) is 4.98 Å². The number of alkyl halides is 2. The molecule has 0 fully saturated rings. The molecular weight excluding hydrogens is 252 g/mol. The fourth-order valence-electron chi connectivity index (χ4n) is 2.07. The lowest BCUT2D eigenvalue weighted by molar-refractivity contribution is 0.0510. The molecule has 0 saturated heterocycles. The summed E-state index contributed by atoms with van der Waals surface area (Å²) < 4.78 is 31.2. The summed E-state index contributed by atoms with van der Waals surface area (Å²) in [6, 6.07) is 5.25. The highest BCUT2D eigenvalue weighted by Crippen LogP contribution is 2.32. The monoisotopic (exact) mass is 267 g/mol. The number of hydrogen-bond acceptors (Lipinski definition) is 2. The van der Waals surface area contributed by atoms with Crippen molar-refractivity contribution in [2.24, 2.45) is 0 Å². The molecule has 5 heteroatoms. The Labute approximate surface area is 109 Å². The molecule has 0 bridgehead atoms. The number of rotatable bonds is 4. The van der Waals surface area contributed by atoms with Gasteiger partial charge in [-0.25, -0.2) is 13.6 Å². The van der Waals surface area contributed by atoms with Gasteiger partial charge in [0.05, 0.1) is 12.2 Å². The van der Waals surface area contributed by atoms with Gasteiger partial charge in [-0.3, -0.25) is 0 Å². The Bertz CT molecular complexity index is 605. The molecule has 2 aromatic rings. The molecular formula is C14H15F2NO2. The van der Waals surface area contributed by atoms with Gasteiger partial charge < -0.3 is 9.72 Å². The topological polar surface area (TPSA) is 42.1 Å². The van der Waals surface area contributed by atoms with Crippen molar-refractivity contribution in [3.8, 4) is 0 Å². The molecule has 0 aliphatic heterocycles. The minimum Gasteiger partial charge on any atom is -0.461 e. The van der Waals surface area contributed by atoms with Crippen LogP contribution in [0, 0.1) is 0 Å². The zero-order chi connectivity index (χ0) is 14.0. The SMILES string of the molecule is CCOC(=O)c1[nH]c2ccc(CC)cc2c1C(F)F. The minimum atomic E-state index is -2.72. The first-order chi connectivity index (χ1) is 9.08. The normalized spacial score (nSPS) is 11.2. The van der Waals surface area contributed by atoms with Gasteiger partial charge in [0.25, 0.3) is 6.43 Å². The average molecular weight is 267 g/mol. The molecule has 3 nitrogen and oxygen atoms in total. The summed E-state index contributed by atoms with van der Waals surface area (Å²) in [5.41, 5.74) is 1.04. The van der Waals surface area contributed by atoms with E-state index in [1.807, 2.05) is 13.0 Å². The molecule has 1 N–H and O–H groups in total. The highest BCUT2D eigenvalue weighted by molar-refractivity contribution is 5.98. The number of aromatic nitrogens is 1. The Balaban J connectivity index is 2.64. The Morgan fingerprint density at radius 3 is 2.68 bits per heavy atom. The van der Waals surface area contributed by atoms with E-state index in [-0.39, 0.29) is 17.9 Å². The van der Waals surface area contributed by atoms with Crippen LogP contribution in [0.4, 0.5) is 8.78 Å². The number of carbonyl (C=O) groups excluding carboxylic acids is 1. The first kappa shape index (κ1) is 13.5. The highest BCUT2D eigenvalue weighted by Gasteiger charge is 2.25. The number of benzene rings is 1. The first-order valence-corrected chi connectivity index (χ1v) is 6.18. The van der Waals surface area contributed by atoms with Crippen molar-refractivity contribution in [3.05, 3.63) is 35.0 Å². The van der Waals surface area contributed by atoms with E-state index in [1.165, 1.54) is 0 Å². The van der Waals surface area contributed by atoms with Crippen molar-refractivity contribution in [2.45, 2.75) is 26.7 Å². The summed E-state index contributed by atoms with van der Waals surface area (Å²) in [6.45, 7) is 3.73. The van der Waals surface area contributed by atoms with E-state index in [4.69, 9.17) is 4.74 Å². The second-order valence-corrected chi connectivity index (χ2v) is 4.17. The number of carbonyl (C=O) groups is 1. The third-order valence-electron chi connectivity index (χ3n) is 3.01. The van der Waals surface area contributed by atoms with Crippen LogP contribution in [0.3, 0.4) is 0 Å². The molecule has 0 unspecified atom stereocenters. The van der Waals surface area contributed by atoms with Crippen LogP contribution in [0.2, 0.25) is 0 Å². The number of esters is 1. The van der Waals surface area contributed by atoms with Crippen molar-refractivity contribution < 1.29 is 18.3 Å². The molecule has 0 radical (unpaired) electrons. The number of fused-ring (bicyclic) bond motifs is 1. The van der Waals surface area contributed by atoms with E-state index in [1.54, 1.807) is 19.1 Å². The van der Waals surface area contributed by atoms with Crippen LogP contribution >= 0.6 is 0 Å². The molecule has 2 rings (SSSR count). The number of hydrogen-bond donors (Lipinski definition) is 1. The summed E-state index contributed by atoms with van der Waals surface area (Å²) in [5.74, 6) is -0.743. The Morgan fingerprint density at radius 2 is 2.11 bits per heavy atom. The largest absolute Gasteiger partial charge is 0.461 e. The molecule has 0 atom stereocenters. The van der Waals surface area contributed by atoms with Crippen LogP contribution in [-0.4, -0.2) is 17.6 Å². The van der Waals surface area contributed by atoms with E-state index < -0.39 is 12.4 Å². The van der Waals surface area contributed by atoms with Gasteiger partial charge in [-0.2, -0.15) is 0 Å². The Kier molecular flexibility index (Phi) is 3.83. The Morgan fingerprint density at radius 1 is 1.37 bits per heavy atom. The van der Waals surface area contributed by atoms with E-state index in [0.29, 0.717) is 10.9 Å². The van der Waals surface area contributed by atoms with Gasteiger partial charge in [-0.15, -0.1) is 0 Å². The highest BCUT2D eigenvalue weighted by atomic mass is 19.3. The number of halogens is 2. The zero-order valence-corrected chi connectivity index (χ0v) is 10.8. The van der Waals surface area contributed by atoms with Crippen molar-refractivity contribution >= 4 is 16.9 Å². The third-order valence-corrected chi connectivity index (χ3v) is 3.01. The molecule has 0 aliphatic rings. The molecule has 0 spiro atoms. The molecule has 0 aliphatic carbocycles. The van der Waals surface area contributed by atoms with Gasteiger partial charge in [0.1, 0.15) is 5.69 Å². The van der Waals surface area contributed by atoms with Gasteiger partial charge >= 0.3 is 5.97 Å². The number of nitrogens with one attached hydrogen (secondary N) is 1. The number of aryl methyl sites for hydroxylation is 1. The van der Waals surface area contributed by atoms with Crippen LogP contribution in [0.5, 0.6) is 0 Å². The van der Waals surface area contributed by atoms with Gasteiger partial charge in [0, 0.05) is 10.9 Å². The fraction of sp³-hybridized carbons (Fsp3) is 0.357. The van der Waals surface area contributed by atoms with Gasteiger partial charge in [-0.05, 0) is 31.0 Å². The van der Waals surface area contributed by atoms with Crippen molar-refractivity contribution in [3.63, 3.8) is 0 Å². The van der Waals surface area contributed by atoms with Gasteiger partial charge in [-0.1, -0.05) is 13.0 Å². The second kappa shape index (κ2) is 5.38. The van der Waals surface area contributed by atoms with E-state index in [0.717, 1.165) is 12.0 Å². The number of H-pyrrole nitrogens is 1. The standard InChI is InChI=1S/C14H15F2NO2/c1-3-8-5-6-10-9(7-8)11(13(15)16)12(17-10)14(18)19-4-2/h5-7,13,17H,3-4H2,1-2H3. The second-order valence-electron chi connectivity index (χ2n) is 4.17. The summed E-state index contributed by atoms with van der Waals surface area (Å²) in [5, 5.41) is 0.386. The predicted octanol–water partition coefficient (Wildman–Crippen LogP) is 3.84. The molecule has 1 heterocycles. The van der Waals surface area contributed by atoms with Crippen molar-refractivity contribution in [1.29, 1.82) is 0 Å². The number of ether oxygens (including phenoxy) is 1. The number of aromatic amines is 1. The van der Waals surface area contributed by atoms with Crippen LogP contribution in [-0.2, 0) is 11.2 Å². The molecule has 1 aromatic carbocycles. The van der Waals surface area contributed by atoms with Crippen LogP contribution < -0.4 is 0 Å².